The summed E-state index contributed by atoms with van der Waals surface area (Å²) in [5.74, 6) is -0.140. The van der Waals surface area contributed by atoms with Crippen molar-refractivity contribution in [3.05, 3.63) is 58.5 Å². The van der Waals surface area contributed by atoms with E-state index < -0.39 is 11.0 Å². The summed E-state index contributed by atoms with van der Waals surface area (Å²) in [7, 11) is -1.27. The second-order valence-corrected chi connectivity index (χ2v) is 9.35. The molecule has 3 N–H and O–H groups in total. The van der Waals surface area contributed by atoms with E-state index in [1.54, 1.807) is 12.1 Å². The lowest BCUT2D eigenvalue weighted by Crippen LogP contribution is -2.16. The van der Waals surface area contributed by atoms with Gasteiger partial charge in [0.25, 0.3) is 0 Å². The Hall–Kier alpha value is -2.51. The van der Waals surface area contributed by atoms with Gasteiger partial charge in [-0.15, -0.1) is 0 Å². The van der Waals surface area contributed by atoms with E-state index in [1.165, 1.54) is 12.1 Å². The molecule has 150 valence electrons. The summed E-state index contributed by atoms with van der Waals surface area (Å²) in [5, 5.41) is 0.452. The number of nitrogens with zero attached hydrogens (tertiary/aromatic N) is 2. The van der Waals surface area contributed by atoms with Crippen molar-refractivity contribution in [3.63, 3.8) is 0 Å². The summed E-state index contributed by atoms with van der Waals surface area (Å²) in [4.78, 5) is 8.89. The van der Waals surface area contributed by atoms with Crippen LogP contribution in [-0.2, 0) is 23.8 Å². The van der Waals surface area contributed by atoms with Crippen LogP contribution in [0.25, 0.3) is 22.4 Å². The first kappa shape index (κ1) is 19.8. The molecule has 4 rings (SSSR count). The molecule has 0 saturated carbocycles. The number of nitrogens with one attached hydrogen (secondary N) is 1. The number of aryl methyl sites for hydroxylation is 2. The van der Waals surface area contributed by atoms with Crippen LogP contribution in [0.5, 0.6) is 0 Å². The number of nitrogen functional groups attached to an aromatic ring is 1. The third-order valence-electron chi connectivity index (χ3n) is 4.85. The van der Waals surface area contributed by atoms with E-state index in [-0.39, 0.29) is 17.0 Å². The molecule has 1 aliphatic carbocycles. The van der Waals surface area contributed by atoms with E-state index >= 15 is 0 Å². The van der Waals surface area contributed by atoms with Gasteiger partial charge in [0, 0.05) is 16.4 Å². The zero-order valence-corrected chi connectivity index (χ0v) is 17.6. The number of hydrogen-bond acceptors (Lipinski definition) is 4. The second kappa shape index (κ2) is 7.72. The van der Waals surface area contributed by atoms with Crippen LogP contribution in [0.2, 0.25) is 5.02 Å². The highest BCUT2D eigenvalue weighted by atomic mass is 35.5. The van der Waals surface area contributed by atoms with Crippen LogP contribution < -0.4 is 10.5 Å². The van der Waals surface area contributed by atoms with Crippen molar-refractivity contribution in [1.29, 1.82) is 0 Å². The highest BCUT2D eigenvalue weighted by Crippen LogP contribution is 2.42. The van der Waals surface area contributed by atoms with Crippen molar-refractivity contribution < 1.29 is 8.60 Å². The molecule has 0 spiro atoms. The first-order chi connectivity index (χ1) is 13.8. The molecule has 1 aliphatic rings. The van der Waals surface area contributed by atoms with Crippen molar-refractivity contribution in [3.8, 4) is 22.4 Å². The van der Waals surface area contributed by atoms with Crippen molar-refractivity contribution >= 4 is 34.2 Å². The first-order valence-corrected chi connectivity index (χ1v) is 10.8. The largest absolute Gasteiger partial charge is 0.368 e. The van der Waals surface area contributed by atoms with Gasteiger partial charge >= 0.3 is 0 Å². The molecule has 0 amide bonds. The summed E-state index contributed by atoms with van der Waals surface area (Å²) in [6, 6.07) is 9.92. The summed E-state index contributed by atoms with van der Waals surface area (Å²) >= 11 is 6.45. The number of rotatable bonds is 4. The van der Waals surface area contributed by atoms with Crippen LogP contribution >= 0.6 is 11.6 Å². The van der Waals surface area contributed by atoms with Gasteiger partial charge in [0.2, 0.25) is 5.95 Å². The van der Waals surface area contributed by atoms with Crippen LogP contribution in [-0.4, -0.2) is 19.4 Å². The highest BCUT2D eigenvalue weighted by Gasteiger charge is 2.25. The molecule has 0 bridgehead atoms. The number of hydrogen-bond donors (Lipinski definition) is 2. The SMILES string of the molecule is CC(C)S(=O)Nc1cc2c(cc1Cl)CCc1nc(N)nc(-c3ccc(F)cc3)c1-2. The fraction of sp³-hybridized carbons (Fsp3) is 0.238. The Morgan fingerprint density at radius 3 is 2.59 bits per heavy atom. The maximum atomic E-state index is 13.4. The standard InChI is InChI=1S/C21H20ClFN4OS/c1-11(2)29(28)27-18-10-15-13(9-16(18)22)5-8-17-19(15)20(26-21(24)25-17)12-3-6-14(23)7-4-12/h3-4,6-7,9-11,27H,5,8H2,1-2H3,(H2,24,25,26). The fourth-order valence-corrected chi connectivity index (χ4v) is 4.33. The highest BCUT2D eigenvalue weighted by molar-refractivity contribution is 7.86. The number of anilines is 2. The molecule has 0 radical (unpaired) electrons. The van der Waals surface area contributed by atoms with E-state index in [0.717, 1.165) is 34.4 Å². The van der Waals surface area contributed by atoms with Gasteiger partial charge in [0.15, 0.2) is 0 Å². The van der Waals surface area contributed by atoms with E-state index in [2.05, 4.69) is 14.7 Å². The molecular weight excluding hydrogens is 411 g/mol. The number of benzene rings is 2. The quantitative estimate of drug-likeness (QED) is 0.624. The van der Waals surface area contributed by atoms with Crippen molar-refractivity contribution in [1.82, 2.24) is 9.97 Å². The van der Waals surface area contributed by atoms with Crippen LogP contribution in [0.3, 0.4) is 0 Å². The van der Waals surface area contributed by atoms with Crippen molar-refractivity contribution in [2.45, 2.75) is 31.9 Å². The molecule has 1 unspecified atom stereocenters. The number of nitrogens with two attached hydrogens (primary N) is 1. The first-order valence-electron chi connectivity index (χ1n) is 9.26. The van der Waals surface area contributed by atoms with Gasteiger partial charge in [0.05, 0.1) is 22.1 Å². The minimum absolute atomic E-state index is 0.0627. The lowest BCUT2D eigenvalue weighted by atomic mass is 9.86. The second-order valence-electron chi connectivity index (χ2n) is 7.20. The Morgan fingerprint density at radius 1 is 1.17 bits per heavy atom. The van der Waals surface area contributed by atoms with Crippen LogP contribution in [0.15, 0.2) is 36.4 Å². The van der Waals surface area contributed by atoms with Gasteiger partial charge < -0.3 is 10.5 Å². The van der Waals surface area contributed by atoms with Gasteiger partial charge in [-0.05, 0) is 74.2 Å². The van der Waals surface area contributed by atoms with E-state index in [9.17, 15) is 8.60 Å². The number of fused-ring (bicyclic) bond motifs is 3. The molecule has 1 atom stereocenters. The minimum atomic E-state index is -1.27. The lowest BCUT2D eigenvalue weighted by Gasteiger charge is -2.23. The summed E-state index contributed by atoms with van der Waals surface area (Å²) in [5.41, 5.74) is 11.6. The van der Waals surface area contributed by atoms with E-state index in [0.29, 0.717) is 22.8 Å². The average molecular weight is 431 g/mol. The fourth-order valence-electron chi connectivity index (χ4n) is 3.42. The third kappa shape index (κ3) is 3.84. The Balaban J connectivity index is 1.91. The molecule has 29 heavy (non-hydrogen) atoms. The molecule has 1 aromatic heterocycles. The molecule has 2 aromatic carbocycles. The van der Waals surface area contributed by atoms with Crippen LogP contribution in [0.4, 0.5) is 16.0 Å². The molecule has 3 aromatic rings. The predicted molar refractivity (Wildman–Crippen MR) is 117 cm³/mol. The third-order valence-corrected chi connectivity index (χ3v) is 6.44. The zero-order valence-electron chi connectivity index (χ0n) is 16.0. The molecule has 0 fully saturated rings. The van der Waals surface area contributed by atoms with E-state index in [4.69, 9.17) is 17.3 Å². The van der Waals surface area contributed by atoms with Crippen molar-refractivity contribution in [2.75, 3.05) is 10.5 Å². The Labute approximate surface area is 176 Å². The normalized spacial score (nSPS) is 13.7. The summed E-state index contributed by atoms with van der Waals surface area (Å²) < 4.78 is 28.7. The van der Waals surface area contributed by atoms with Crippen molar-refractivity contribution in [2.24, 2.45) is 0 Å². The predicted octanol–water partition coefficient (Wildman–Crippen LogP) is 4.77. The number of halogens is 2. The molecule has 5 nitrogen and oxygen atoms in total. The monoisotopic (exact) mass is 430 g/mol. The Kier molecular flexibility index (Phi) is 5.27. The maximum Gasteiger partial charge on any atom is 0.220 e. The topological polar surface area (TPSA) is 80.9 Å². The molecule has 0 aliphatic heterocycles. The minimum Gasteiger partial charge on any atom is -0.368 e. The molecule has 8 heteroatoms. The summed E-state index contributed by atoms with van der Waals surface area (Å²) in [6.07, 6.45) is 1.46. The van der Waals surface area contributed by atoms with Crippen LogP contribution in [0.1, 0.15) is 25.1 Å². The van der Waals surface area contributed by atoms with Gasteiger partial charge in [-0.2, -0.15) is 0 Å². The average Bonchev–Trinajstić information content (AvgIpc) is 2.68. The molecule has 0 saturated heterocycles. The van der Waals surface area contributed by atoms with Gasteiger partial charge in [0.1, 0.15) is 16.8 Å². The smallest absolute Gasteiger partial charge is 0.220 e. The lowest BCUT2D eigenvalue weighted by molar-refractivity contribution is 0.628. The molecule has 1 heterocycles. The van der Waals surface area contributed by atoms with Crippen LogP contribution in [0, 0.1) is 5.82 Å². The zero-order chi connectivity index (χ0) is 20.7. The number of aromatic nitrogens is 2. The maximum absolute atomic E-state index is 13.4. The Bertz CT molecular complexity index is 1120. The van der Waals surface area contributed by atoms with Gasteiger partial charge in [-0.1, -0.05) is 11.6 Å². The van der Waals surface area contributed by atoms with Gasteiger partial charge in [-0.25, -0.2) is 18.6 Å². The van der Waals surface area contributed by atoms with E-state index in [1.807, 2.05) is 26.0 Å². The van der Waals surface area contributed by atoms with Gasteiger partial charge in [-0.3, -0.25) is 0 Å². The Morgan fingerprint density at radius 2 is 1.90 bits per heavy atom. The molecular formula is C21H20ClFN4OS. The summed E-state index contributed by atoms with van der Waals surface area (Å²) in [6.45, 7) is 3.74.